The minimum Gasteiger partial charge on any atom is -0.454 e. The van der Waals surface area contributed by atoms with Gasteiger partial charge in [-0.3, -0.25) is 9.59 Å². The first kappa shape index (κ1) is 30.9. The lowest BCUT2D eigenvalue weighted by Crippen LogP contribution is -2.45. The Hall–Kier alpha value is -2.37. The molecule has 0 spiro atoms. The molecular formula is C27H40O10. The fourth-order valence-electron chi connectivity index (χ4n) is 3.96. The highest BCUT2D eigenvalue weighted by atomic mass is 16.7. The molecule has 0 aromatic carbocycles. The second kappa shape index (κ2) is 14.0. The number of cyclic esters (lactones) is 1. The van der Waals surface area contributed by atoms with Gasteiger partial charge in [-0.1, -0.05) is 32.1 Å². The number of rotatable bonds is 7. The summed E-state index contributed by atoms with van der Waals surface area (Å²) in [5, 5.41) is 30.1. The van der Waals surface area contributed by atoms with Gasteiger partial charge in [0.05, 0.1) is 6.61 Å². The van der Waals surface area contributed by atoms with Crippen LogP contribution in [0.2, 0.25) is 0 Å². The third kappa shape index (κ3) is 8.31. The molecule has 0 amide bonds. The smallest absolute Gasteiger partial charge is 0.334 e. The summed E-state index contributed by atoms with van der Waals surface area (Å²) < 4.78 is 22.7. The Morgan fingerprint density at radius 1 is 1.16 bits per heavy atom. The van der Waals surface area contributed by atoms with Gasteiger partial charge in [-0.15, -0.1) is 0 Å². The number of Topliss-reactive ketones (excluding diaryl/α,β-unsaturated/α-hetero) is 1. The zero-order valence-corrected chi connectivity index (χ0v) is 22.4. The molecule has 2 aliphatic rings. The number of aliphatic hydroxyl groups is 3. The average Bonchev–Trinajstić information content (AvgIpc) is 3.12. The van der Waals surface area contributed by atoms with E-state index >= 15 is 0 Å². The Labute approximate surface area is 217 Å². The van der Waals surface area contributed by atoms with Gasteiger partial charge in [0.1, 0.15) is 30.5 Å². The van der Waals surface area contributed by atoms with Crippen LogP contribution in [0.25, 0.3) is 0 Å². The lowest BCUT2D eigenvalue weighted by molar-refractivity contribution is -0.209. The van der Waals surface area contributed by atoms with Crippen molar-refractivity contribution in [1.29, 1.82) is 0 Å². The highest BCUT2D eigenvalue weighted by Crippen LogP contribution is 2.29. The predicted octanol–water partition coefficient (Wildman–Crippen LogP) is 1.90. The summed E-state index contributed by atoms with van der Waals surface area (Å²) in [6.45, 7) is 9.99. The van der Waals surface area contributed by atoms with Gasteiger partial charge in [0.15, 0.2) is 18.2 Å². The molecule has 2 aliphatic heterocycles. The number of hydrogen-bond acceptors (Lipinski definition) is 10. The SMILES string of the molecule is C/C=C(/C)[C@H]1CC=C(C)[C@@H](O[C@H]2O[C@H](CO)[C@@H](O)[C@@H]2O)[C@H](OC(=O)CC(C)C)C(=O)CC=C(C)C(=O)O1. The van der Waals surface area contributed by atoms with E-state index in [0.717, 1.165) is 5.57 Å². The number of aliphatic hydroxyl groups excluding tert-OH is 3. The van der Waals surface area contributed by atoms with Crippen molar-refractivity contribution in [1.82, 2.24) is 0 Å². The molecule has 37 heavy (non-hydrogen) atoms. The van der Waals surface area contributed by atoms with Gasteiger partial charge in [0, 0.05) is 24.8 Å². The molecule has 208 valence electrons. The van der Waals surface area contributed by atoms with E-state index in [1.807, 2.05) is 33.8 Å². The summed E-state index contributed by atoms with van der Waals surface area (Å²) in [4.78, 5) is 38.6. The Balaban J connectivity index is 2.52. The van der Waals surface area contributed by atoms with Gasteiger partial charge in [-0.25, -0.2) is 4.79 Å². The maximum atomic E-state index is 13.3. The number of ether oxygens (including phenoxy) is 4. The molecule has 3 N–H and O–H groups in total. The fourth-order valence-corrected chi connectivity index (χ4v) is 3.96. The van der Waals surface area contributed by atoms with Crippen LogP contribution in [0.1, 0.15) is 60.8 Å². The van der Waals surface area contributed by atoms with Crippen LogP contribution >= 0.6 is 0 Å². The third-order valence-electron chi connectivity index (χ3n) is 6.45. The van der Waals surface area contributed by atoms with Crippen LogP contribution in [0.15, 0.2) is 34.9 Å². The summed E-state index contributed by atoms with van der Waals surface area (Å²) >= 11 is 0. The summed E-state index contributed by atoms with van der Waals surface area (Å²) in [7, 11) is 0. The number of carbonyl (C=O) groups excluding carboxylic acids is 3. The minimum absolute atomic E-state index is 0.0215. The molecule has 0 radical (unpaired) electrons. The van der Waals surface area contributed by atoms with Crippen molar-refractivity contribution in [2.45, 2.75) is 104 Å². The molecule has 2 rings (SSSR count). The fraction of sp³-hybridized carbons (Fsp3) is 0.667. The minimum atomic E-state index is -1.51. The van der Waals surface area contributed by atoms with Crippen molar-refractivity contribution in [2.75, 3.05) is 6.61 Å². The highest BCUT2D eigenvalue weighted by molar-refractivity contribution is 5.91. The zero-order valence-electron chi connectivity index (χ0n) is 22.4. The number of esters is 2. The summed E-state index contributed by atoms with van der Waals surface area (Å²) in [5.41, 5.74) is 1.52. The van der Waals surface area contributed by atoms with Gasteiger partial charge >= 0.3 is 11.9 Å². The summed E-state index contributed by atoms with van der Waals surface area (Å²) in [6.07, 6.45) is -3.52. The number of hydrogen-bond donors (Lipinski definition) is 3. The average molecular weight is 525 g/mol. The Kier molecular flexibility index (Phi) is 11.6. The lowest BCUT2D eigenvalue weighted by Gasteiger charge is -2.31. The second-order valence-corrected chi connectivity index (χ2v) is 9.94. The molecule has 1 saturated heterocycles. The van der Waals surface area contributed by atoms with Crippen LogP contribution in [0.3, 0.4) is 0 Å². The molecule has 0 aromatic rings. The van der Waals surface area contributed by atoms with Crippen molar-refractivity contribution in [2.24, 2.45) is 5.92 Å². The number of carbonyl (C=O) groups is 3. The maximum Gasteiger partial charge on any atom is 0.334 e. The van der Waals surface area contributed by atoms with Crippen molar-refractivity contribution < 1.29 is 48.7 Å². The normalized spacial score (nSPS) is 32.3. The number of ketones is 1. The first-order valence-electron chi connectivity index (χ1n) is 12.6. The molecular weight excluding hydrogens is 484 g/mol. The standard InChI is InChI=1S/C27H40O10/c1-7-15(4)19-11-9-16(5)24(37-27-23(32)22(31)20(13-28)35-27)25(36-21(30)12-14(2)3)18(29)10-8-17(6)26(33)34-19/h7-9,14,19-20,22-25,27-28,31-32H,10-13H2,1-6H3/b15-7-,16-9?,17-8?/t19-,20-,22-,23+,24-,25-,27-/m1/s1. The van der Waals surface area contributed by atoms with E-state index in [2.05, 4.69) is 0 Å². The van der Waals surface area contributed by atoms with Crippen LogP contribution in [-0.2, 0) is 33.3 Å². The van der Waals surface area contributed by atoms with Crippen LogP contribution in [-0.4, -0.2) is 82.6 Å². The van der Waals surface area contributed by atoms with Crippen LogP contribution in [0.5, 0.6) is 0 Å². The first-order chi connectivity index (χ1) is 17.4. The molecule has 0 aliphatic carbocycles. The molecule has 10 nitrogen and oxygen atoms in total. The van der Waals surface area contributed by atoms with Gasteiger partial charge in [-0.05, 0) is 44.8 Å². The largest absolute Gasteiger partial charge is 0.454 e. The Bertz CT molecular complexity index is 918. The van der Waals surface area contributed by atoms with E-state index in [-0.39, 0.29) is 30.8 Å². The van der Waals surface area contributed by atoms with E-state index in [4.69, 9.17) is 18.9 Å². The summed E-state index contributed by atoms with van der Waals surface area (Å²) in [5.74, 6) is -1.72. The molecule has 0 aromatic heterocycles. The molecule has 7 atom stereocenters. The van der Waals surface area contributed by atoms with Crippen molar-refractivity contribution >= 4 is 17.7 Å². The topological polar surface area (TPSA) is 149 Å². The quantitative estimate of drug-likeness (QED) is 0.333. The van der Waals surface area contributed by atoms with Gasteiger partial charge in [-0.2, -0.15) is 0 Å². The van der Waals surface area contributed by atoms with E-state index in [1.165, 1.54) is 13.0 Å². The van der Waals surface area contributed by atoms with Gasteiger partial charge in [0.25, 0.3) is 0 Å². The van der Waals surface area contributed by atoms with Gasteiger partial charge < -0.3 is 34.3 Å². The van der Waals surface area contributed by atoms with E-state index in [0.29, 0.717) is 5.57 Å². The molecule has 0 unspecified atom stereocenters. The maximum absolute atomic E-state index is 13.3. The monoisotopic (exact) mass is 524 g/mol. The second-order valence-electron chi connectivity index (χ2n) is 9.94. The van der Waals surface area contributed by atoms with Crippen molar-refractivity contribution in [3.63, 3.8) is 0 Å². The zero-order chi connectivity index (χ0) is 27.9. The summed E-state index contributed by atoms with van der Waals surface area (Å²) in [6, 6.07) is 0. The molecule has 10 heteroatoms. The third-order valence-corrected chi connectivity index (χ3v) is 6.45. The molecule has 1 fully saturated rings. The van der Waals surface area contributed by atoms with E-state index in [9.17, 15) is 29.7 Å². The first-order valence-corrected chi connectivity index (χ1v) is 12.6. The van der Waals surface area contributed by atoms with Crippen LogP contribution < -0.4 is 0 Å². The van der Waals surface area contributed by atoms with E-state index in [1.54, 1.807) is 13.0 Å². The van der Waals surface area contributed by atoms with Gasteiger partial charge in [0.2, 0.25) is 0 Å². The molecule has 2 heterocycles. The van der Waals surface area contributed by atoms with Crippen molar-refractivity contribution in [3.8, 4) is 0 Å². The Morgan fingerprint density at radius 3 is 2.41 bits per heavy atom. The Morgan fingerprint density at radius 2 is 1.84 bits per heavy atom. The van der Waals surface area contributed by atoms with Crippen molar-refractivity contribution in [3.05, 3.63) is 34.9 Å². The number of allylic oxidation sites excluding steroid dienone is 2. The predicted molar refractivity (Wildman–Crippen MR) is 133 cm³/mol. The lowest BCUT2D eigenvalue weighted by atomic mass is 9.96. The van der Waals surface area contributed by atoms with Crippen LogP contribution in [0, 0.1) is 5.92 Å². The van der Waals surface area contributed by atoms with Crippen LogP contribution in [0.4, 0.5) is 0 Å². The molecule has 0 saturated carbocycles. The molecule has 0 bridgehead atoms. The highest BCUT2D eigenvalue weighted by Gasteiger charge is 2.46. The van der Waals surface area contributed by atoms with E-state index < -0.39 is 67.2 Å².